The molecule has 0 saturated heterocycles. The molecule has 1 aliphatic carbocycles. The summed E-state index contributed by atoms with van der Waals surface area (Å²) in [5, 5.41) is 0. The highest BCUT2D eigenvalue weighted by atomic mass is 35.5. The molecular formula is C4H10ClNO3. The van der Waals surface area contributed by atoms with Crippen LogP contribution >= 0.6 is 12.4 Å². The topological polar surface area (TPSA) is 83.8 Å². The molecule has 9 heavy (non-hydrogen) atoms. The normalized spacial score (nSPS) is 18.3. The molecule has 0 aromatic rings. The molecule has 0 heterocycles. The second-order valence-electron chi connectivity index (χ2n) is 1.78. The summed E-state index contributed by atoms with van der Waals surface area (Å²) in [6.45, 7) is 0.396. The maximum Gasteiger partial charge on any atom is 0.294 e. The number of hydrogen-bond acceptors (Lipinski definition) is 3. The van der Waals surface area contributed by atoms with Gasteiger partial charge >= 0.3 is 0 Å². The lowest BCUT2D eigenvalue weighted by Crippen LogP contribution is -2.24. The van der Waals surface area contributed by atoms with E-state index < -0.39 is 5.72 Å². The SMILES string of the molecule is Cl.NC1(OC=O)CC1.O. The fourth-order valence-electron chi connectivity index (χ4n) is 0.337. The summed E-state index contributed by atoms with van der Waals surface area (Å²) in [7, 11) is 0. The second kappa shape index (κ2) is 3.66. The van der Waals surface area contributed by atoms with Crippen molar-refractivity contribution in [3.63, 3.8) is 0 Å². The lowest BCUT2D eigenvalue weighted by Gasteiger charge is -2.01. The Morgan fingerprint density at radius 3 is 2.11 bits per heavy atom. The van der Waals surface area contributed by atoms with Gasteiger partial charge in [-0.05, 0) is 0 Å². The van der Waals surface area contributed by atoms with Crippen molar-refractivity contribution in [2.24, 2.45) is 5.73 Å². The van der Waals surface area contributed by atoms with E-state index in [1.807, 2.05) is 0 Å². The van der Waals surface area contributed by atoms with Crippen LogP contribution in [0.4, 0.5) is 0 Å². The lowest BCUT2D eigenvalue weighted by atomic mass is 10.6. The van der Waals surface area contributed by atoms with Crippen LogP contribution < -0.4 is 5.73 Å². The zero-order chi connectivity index (χ0) is 5.33. The summed E-state index contributed by atoms with van der Waals surface area (Å²) in [5.41, 5.74) is 4.74. The van der Waals surface area contributed by atoms with Gasteiger partial charge in [0.05, 0.1) is 0 Å². The number of halogens is 1. The molecule has 0 amide bonds. The Labute approximate surface area is 59.1 Å². The summed E-state index contributed by atoms with van der Waals surface area (Å²) in [6.07, 6.45) is 1.62. The average molecular weight is 156 g/mol. The number of carbonyl (C=O) groups excluding carboxylic acids is 1. The Bertz CT molecular complexity index is 93.8. The molecule has 1 fully saturated rings. The van der Waals surface area contributed by atoms with Crippen molar-refractivity contribution in [2.75, 3.05) is 0 Å². The molecule has 0 aromatic carbocycles. The molecule has 56 valence electrons. The summed E-state index contributed by atoms with van der Waals surface area (Å²) < 4.78 is 4.44. The molecule has 0 spiro atoms. The molecule has 0 aromatic heterocycles. The van der Waals surface area contributed by atoms with E-state index in [0.717, 1.165) is 12.8 Å². The lowest BCUT2D eigenvalue weighted by molar-refractivity contribution is -0.135. The third-order valence-corrected chi connectivity index (χ3v) is 1.03. The Hall–Kier alpha value is -0.320. The van der Waals surface area contributed by atoms with Crippen molar-refractivity contribution >= 4 is 18.9 Å². The van der Waals surface area contributed by atoms with Crippen LogP contribution in [0.25, 0.3) is 0 Å². The molecule has 5 heteroatoms. The maximum atomic E-state index is 9.56. The first kappa shape index (κ1) is 11.5. The van der Waals surface area contributed by atoms with Crippen molar-refractivity contribution in [3.05, 3.63) is 0 Å². The molecule has 0 bridgehead atoms. The minimum Gasteiger partial charge on any atom is -0.446 e. The van der Waals surface area contributed by atoms with Crippen molar-refractivity contribution in [1.82, 2.24) is 0 Å². The molecular weight excluding hydrogens is 146 g/mol. The zero-order valence-corrected chi connectivity index (χ0v) is 5.61. The van der Waals surface area contributed by atoms with E-state index in [1.165, 1.54) is 0 Å². The minimum absolute atomic E-state index is 0. The highest BCUT2D eigenvalue weighted by molar-refractivity contribution is 5.85. The van der Waals surface area contributed by atoms with Gasteiger partial charge in [-0.3, -0.25) is 10.5 Å². The van der Waals surface area contributed by atoms with E-state index in [-0.39, 0.29) is 17.9 Å². The number of nitrogens with two attached hydrogens (primary N) is 1. The van der Waals surface area contributed by atoms with Crippen LogP contribution in [0.2, 0.25) is 0 Å². The Morgan fingerprint density at radius 2 is 2.00 bits per heavy atom. The van der Waals surface area contributed by atoms with Gasteiger partial charge in [0.2, 0.25) is 0 Å². The summed E-state index contributed by atoms with van der Waals surface area (Å²) in [5.74, 6) is 0. The standard InChI is InChI=1S/C4H7NO2.ClH.H2O/c5-4(1-2-4)7-3-6;;/h3H,1-2,5H2;1H;1H2. The highest BCUT2D eigenvalue weighted by Crippen LogP contribution is 2.32. The molecule has 1 rings (SSSR count). The van der Waals surface area contributed by atoms with Gasteiger partial charge < -0.3 is 10.2 Å². The Morgan fingerprint density at radius 1 is 1.56 bits per heavy atom. The number of rotatable bonds is 2. The predicted molar refractivity (Wildman–Crippen MR) is 34.2 cm³/mol. The van der Waals surface area contributed by atoms with E-state index in [1.54, 1.807) is 0 Å². The molecule has 1 aliphatic rings. The highest BCUT2D eigenvalue weighted by Gasteiger charge is 2.40. The molecule has 4 N–H and O–H groups in total. The van der Waals surface area contributed by atoms with Crippen molar-refractivity contribution in [2.45, 2.75) is 18.6 Å². The van der Waals surface area contributed by atoms with Crippen molar-refractivity contribution < 1.29 is 15.0 Å². The second-order valence-corrected chi connectivity index (χ2v) is 1.78. The van der Waals surface area contributed by atoms with Crippen LogP contribution in [0.1, 0.15) is 12.8 Å². The molecule has 0 atom stereocenters. The predicted octanol–water partition coefficient (Wildman–Crippen LogP) is -0.795. The van der Waals surface area contributed by atoms with Gasteiger partial charge in [-0.1, -0.05) is 0 Å². The molecule has 0 aliphatic heterocycles. The van der Waals surface area contributed by atoms with E-state index in [0.29, 0.717) is 6.47 Å². The van der Waals surface area contributed by atoms with Gasteiger partial charge in [-0.25, -0.2) is 0 Å². The first-order chi connectivity index (χ1) is 3.27. The number of hydrogen-bond donors (Lipinski definition) is 1. The first-order valence-electron chi connectivity index (χ1n) is 2.17. The van der Waals surface area contributed by atoms with Gasteiger partial charge in [-0.2, -0.15) is 0 Å². The van der Waals surface area contributed by atoms with Gasteiger partial charge in [0, 0.05) is 12.8 Å². The Kier molecular flexibility index (Phi) is 4.66. The van der Waals surface area contributed by atoms with Crippen LogP contribution in [-0.4, -0.2) is 17.7 Å². The van der Waals surface area contributed by atoms with Crippen LogP contribution in [-0.2, 0) is 9.53 Å². The summed E-state index contributed by atoms with van der Waals surface area (Å²) in [6, 6.07) is 0. The fraction of sp³-hybridized carbons (Fsp3) is 0.750. The van der Waals surface area contributed by atoms with Crippen LogP contribution in [0.3, 0.4) is 0 Å². The van der Waals surface area contributed by atoms with Gasteiger partial charge in [0.1, 0.15) is 0 Å². The fourth-order valence-corrected chi connectivity index (χ4v) is 0.337. The quantitative estimate of drug-likeness (QED) is 0.419. The minimum atomic E-state index is -0.568. The van der Waals surface area contributed by atoms with E-state index in [4.69, 9.17) is 5.73 Å². The first-order valence-corrected chi connectivity index (χ1v) is 2.17. The van der Waals surface area contributed by atoms with E-state index in [2.05, 4.69) is 4.74 Å². The summed E-state index contributed by atoms with van der Waals surface area (Å²) >= 11 is 0. The maximum absolute atomic E-state index is 9.56. The number of carbonyl (C=O) groups is 1. The van der Waals surface area contributed by atoms with Crippen LogP contribution in [0.15, 0.2) is 0 Å². The molecule has 4 nitrogen and oxygen atoms in total. The Balaban J connectivity index is 0. The van der Waals surface area contributed by atoms with Crippen LogP contribution in [0.5, 0.6) is 0 Å². The molecule has 0 radical (unpaired) electrons. The van der Waals surface area contributed by atoms with E-state index >= 15 is 0 Å². The van der Waals surface area contributed by atoms with Crippen molar-refractivity contribution in [1.29, 1.82) is 0 Å². The number of ether oxygens (including phenoxy) is 1. The third kappa shape index (κ3) is 3.29. The third-order valence-electron chi connectivity index (χ3n) is 1.03. The monoisotopic (exact) mass is 155 g/mol. The largest absolute Gasteiger partial charge is 0.446 e. The average Bonchev–Trinajstić information content (AvgIpc) is 2.22. The van der Waals surface area contributed by atoms with Gasteiger partial charge in [0.15, 0.2) is 5.72 Å². The molecule has 0 unspecified atom stereocenters. The smallest absolute Gasteiger partial charge is 0.294 e. The van der Waals surface area contributed by atoms with Gasteiger partial charge in [-0.15, -0.1) is 12.4 Å². The van der Waals surface area contributed by atoms with Gasteiger partial charge in [0.25, 0.3) is 6.47 Å². The zero-order valence-electron chi connectivity index (χ0n) is 4.79. The van der Waals surface area contributed by atoms with Crippen molar-refractivity contribution in [3.8, 4) is 0 Å². The summed E-state index contributed by atoms with van der Waals surface area (Å²) in [4.78, 5) is 9.56. The van der Waals surface area contributed by atoms with Crippen LogP contribution in [0, 0.1) is 0 Å². The molecule has 1 saturated carbocycles. The van der Waals surface area contributed by atoms with E-state index in [9.17, 15) is 4.79 Å².